The van der Waals surface area contributed by atoms with Crippen LogP contribution >= 0.6 is 0 Å². The molecule has 5 heteroatoms. The van der Waals surface area contributed by atoms with Crippen molar-refractivity contribution in [2.24, 2.45) is 5.73 Å². The van der Waals surface area contributed by atoms with Crippen LogP contribution in [-0.4, -0.2) is 30.0 Å². The van der Waals surface area contributed by atoms with Gasteiger partial charge in [0.2, 0.25) is 5.91 Å². The maximum atomic E-state index is 10.8. The monoisotopic (exact) mass is 218 g/mol. The molecular formula is C11H14N4O. The van der Waals surface area contributed by atoms with E-state index in [2.05, 4.69) is 9.97 Å². The number of amides is 1. The number of nitrogens with one attached hydrogen (secondary N) is 1. The van der Waals surface area contributed by atoms with Crippen molar-refractivity contribution in [1.82, 2.24) is 9.97 Å². The van der Waals surface area contributed by atoms with Crippen LogP contribution in [0.25, 0.3) is 11.0 Å². The maximum Gasteiger partial charge on any atom is 0.225 e. The average Bonchev–Trinajstić information content (AvgIpc) is 2.56. The van der Waals surface area contributed by atoms with Crippen LogP contribution in [0.5, 0.6) is 0 Å². The average molecular weight is 218 g/mol. The minimum Gasteiger partial charge on any atom is -0.378 e. The summed E-state index contributed by atoms with van der Waals surface area (Å²) in [5.41, 5.74) is 7.97. The van der Waals surface area contributed by atoms with Gasteiger partial charge < -0.3 is 15.6 Å². The number of nitrogens with two attached hydrogens (primary N) is 1. The molecule has 84 valence electrons. The molecular weight excluding hydrogens is 204 g/mol. The summed E-state index contributed by atoms with van der Waals surface area (Å²) in [5.74, 6) is 0.227. The zero-order chi connectivity index (χ0) is 11.7. The Labute approximate surface area is 93.3 Å². The van der Waals surface area contributed by atoms with Crippen LogP contribution in [0.15, 0.2) is 18.2 Å². The predicted molar refractivity (Wildman–Crippen MR) is 63.3 cm³/mol. The van der Waals surface area contributed by atoms with Crippen molar-refractivity contribution in [2.45, 2.75) is 6.42 Å². The van der Waals surface area contributed by atoms with E-state index in [4.69, 9.17) is 5.73 Å². The highest BCUT2D eigenvalue weighted by atomic mass is 16.1. The molecule has 16 heavy (non-hydrogen) atoms. The molecule has 5 nitrogen and oxygen atoms in total. The molecule has 0 aliphatic heterocycles. The molecule has 1 aromatic carbocycles. The summed E-state index contributed by atoms with van der Waals surface area (Å²) in [5, 5.41) is 0. The Bertz CT molecular complexity index is 530. The fraction of sp³-hybridized carbons (Fsp3) is 0.273. The number of fused-ring (bicyclic) bond motifs is 1. The molecule has 0 atom stereocenters. The second-order valence-electron chi connectivity index (χ2n) is 3.92. The van der Waals surface area contributed by atoms with Gasteiger partial charge in [-0.25, -0.2) is 4.98 Å². The number of carbonyl (C=O) groups excluding carboxylic acids is 1. The van der Waals surface area contributed by atoms with Gasteiger partial charge in [-0.15, -0.1) is 0 Å². The first-order valence-corrected chi connectivity index (χ1v) is 5.00. The van der Waals surface area contributed by atoms with Crippen LogP contribution < -0.4 is 10.6 Å². The van der Waals surface area contributed by atoms with Crippen molar-refractivity contribution in [3.63, 3.8) is 0 Å². The predicted octanol–water partition coefficient (Wildman–Crippen LogP) is 0.657. The maximum absolute atomic E-state index is 10.8. The van der Waals surface area contributed by atoms with Crippen molar-refractivity contribution in [2.75, 3.05) is 19.0 Å². The van der Waals surface area contributed by atoms with Gasteiger partial charge in [0, 0.05) is 19.8 Å². The first kappa shape index (κ1) is 10.5. The Kier molecular flexibility index (Phi) is 2.52. The van der Waals surface area contributed by atoms with Crippen molar-refractivity contribution >= 4 is 22.6 Å². The Morgan fingerprint density at radius 2 is 2.25 bits per heavy atom. The molecule has 0 radical (unpaired) electrons. The number of nitrogens with zero attached hydrogens (tertiary/aromatic N) is 2. The van der Waals surface area contributed by atoms with Crippen LogP contribution in [0.3, 0.4) is 0 Å². The van der Waals surface area contributed by atoms with E-state index in [1.807, 2.05) is 37.2 Å². The lowest BCUT2D eigenvalue weighted by molar-refractivity contribution is -0.117. The second-order valence-corrected chi connectivity index (χ2v) is 3.92. The molecule has 0 aliphatic carbocycles. The standard InChI is InChI=1S/C11H14N4O/c1-15(2)7-3-4-8-9(5-7)14-11(13-8)6-10(12)16/h3-5H,6H2,1-2H3,(H2,12,16)(H,13,14). The molecule has 0 unspecified atom stereocenters. The third-order valence-electron chi connectivity index (χ3n) is 2.37. The van der Waals surface area contributed by atoms with Crippen molar-refractivity contribution in [3.8, 4) is 0 Å². The van der Waals surface area contributed by atoms with Crippen molar-refractivity contribution < 1.29 is 4.79 Å². The number of rotatable bonds is 3. The molecule has 1 amide bonds. The van der Waals surface area contributed by atoms with E-state index in [9.17, 15) is 4.79 Å². The fourth-order valence-electron chi connectivity index (χ4n) is 1.58. The molecule has 0 fully saturated rings. The number of aromatic nitrogens is 2. The zero-order valence-electron chi connectivity index (χ0n) is 9.32. The number of carbonyl (C=O) groups is 1. The highest BCUT2D eigenvalue weighted by Crippen LogP contribution is 2.19. The number of benzene rings is 1. The highest BCUT2D eigenvalue weighted by Gasteiger charge is 2.06. The van der Waals surface area contributed by atoms with E-state index in [1.54, 1.807) is 0 Å². The van der Waals surface area contributed by atoms with Gasteiger partial charge in [-0.1, -0.05) is 0 Å². The lowest BCUT2D eigenvalue weighted by Crippen LogP contribution is -2.14. The van der Waals surface area contributed by atoms with Gasteiger partial charge in [0.05, 0.1) is 17.5 Å². The van der Waals surface area contributed by atoms with Gasteiger partial charge in [-0.05, 0) is 18.2 Å². The minimum absolute atomic E-state index is 0.145. The summed E-state index contributed by atoms with van der Waals surface area (Å²) in [6.07, 6.45) is 0.145. The van der Waals surface area contributed by atoms with Crippen LogP contribution in [-0.2, 0) is 11.2 Å². The van der Waals surface area contributed by atoms with E-state index in [-0.39, 0.29) is 12.3 Å². The Balaban J connectivity index is 2.41. The third kappa shape index (κ3) is 1.98. The second kappa shape index (κ2) is 3.84. The zero-order valence-corrected chi connectivity index (χ0v) is 9.32. The van der Waals surface area contributed by atoms with Gasteiger partial charge in [-0.2, -0.15) is 0 Å². The first-order valence-electron chi connectivity index (χ1n) is 5.00. The number of aromatic amines is 1. The molecule has 0 bridgehead atoms. The topological polar surface area (TPSA) is 75.0 Å². The van der Waals surface area contributed by atoms with Gasteiger partial charge in [-0.3, -0.25) is 4.79 Å². The molecule has 0 saturated heterocycles. The number of hydrogen-bond acceptors (Lipinski definition) is 3. The Hall–Kier alpha value is -2.04. The lowest BCUT2D eigenvalue weighted by Gasteiger charge is -2.11. The summed E-state index contributed by atoms with van der Waals surface area (Å²) in [6, 6.07) is 5.90. The molecule has 3 N–H and O–H groups in total. The summed E-state index contributed by atoms with van der Waals surface area (Å²) in [4.78, 5) is 20.1. The number of hydrogen-bond donors (Lipinski definition) is 2. The van der Waals surface area contributed by atoms with Crippen LogP contribution in [0.4, 0.5) is 5.69 Å². The molecule has 2 aromatic rings. The summed E-state index contributed by atoms with van der Waals surface area (Å²) < 4.78 is 0. The Morgan fingerprint density at radius 1 is 1.50 bits per heavy atom. The van der Waals surface area contributed by atoms with Crippen LogP contribution in [0.1, 0.15) is 5.82 Å². The van der Waals surface area contributed by atoms with Gasteiger partial charge >= 0.3 is 0 Å². The van der Waals surface area contributed by atoms with Crippen LogP contribution in [0, 0.1) is 0 Å². The van der Waals surface area contributed by atoms with Gasteiger partial charge in [0.25, 0.3) is 0 Å². The van der Waals surface area contributed by atoms with E-state index in [0.717, 1.165) is 16.7 Å². The largest absolute Gasteiger partial charge is 0.378 e. The fourth-order valence-corrected chi connectivity index (χ4v) is 1.58. The van der Waals surface area contributed by atoms with Crippen molar-refractivity contribution in [1.29, 1.82) is 0 Å². The van der Waals surface area contributed by atoms with E-state index < -0.39 is 0 Å². The lowest BCUT2D eigenvalue weighted by atomic mass is 10.2. The summed E-state index contributed by atoms with van der Waals surface area (Å²) in [7, 11) is 3.95. The summed E-state index contributed by atoms with van der Waals surface area (Å²) >= 11 is 0. The first-order chi connectivity index (χ1) is 7.56. The highest BCUT2D eigenvalue weighted by molar-refractivity contribution is 5.81. The van der Waals surface area contributed by atoms with Gasteiger partial charge in [0.15, 0.2) is 0 Å². The molecule has 0 spiro atoms. The molecule has 1 aromatic heterocycles. The summed E-state index contributed by atoms with van der Waals surface area (Å²) in [6.45, 7) is 0. The SMILES string of the molecule is CN(C)c1ccc2nc(CC(N)=O)[nH]c2c1. The normalized spacial score (nSPS) is 10.6. The van der Waals surface area contributed by atoms with Crippen molar-refractivity contribution in [3.05, 3.63) is 24.0 Å². The number of imidazole rings is 1. The molecule has 0 saturated carbocycles. The van der Waals surface area contributed by atoms with Crippen LogP contribution in [0.2, 0.25) is 0 Å². The quantitative estimate of drug-likeness (QED) is 0.794. The smallest absolute Gasteiger partial charge is 0.225 e. The third-order valence-corrected chi connectivity index (χ3v) is 2.37. The van der Waals surface area contributed by atoms with Gasteiger partial charge in [0.1, 0.15) is 5.82 Å². The van der Waals surface area contributed by atoms with E-state index in [0.29, 0.717) is 5.82 Å². The molecule has 2 rings (SSSR count). The number of anilines is 1. The number of primary amides is 1. The molecule has 1 heterocycles. The van der Waals surface area contributed by atoms with E-state index in [1.165, 1.54) is 0 Å². The Morgan fingerprint density at radius 3 is 2.88 bits per heavy atom. The molecule has 0 aliphatic rings. The van der Waals surface area contributed by atoms with E-state index >= 15 is 0 Å². The number of H-pyrrole nitrogens is 1. The minimum atomic E-state index is -0.383.